The van der Waals surface area contributed by atoms with E-state index in [1.165, 1.54) is 115 Å². The van der Waals surface area contributed by atoms with Crippen molar-refractivity contribution < 1.29 is 13.6 Å². The van der Waals surface area contributed by atoms with E-state index in [1.54, 1.807) is 0 Å². The summed E-state index contributed by atoms with van der Waals surface area (Å²) in [6.07, 6.45) is 25.8. The fourth-order valence-corrected chi connectivity index (χ4v) is 5.25. The van der Waals surface area contributed by atoms with Crippen LogP contribution in [0.2, 0.25) is 0 Å². The van der Waals surface area contributed by atoms with E-state index >= 15 is 0 Å². The quantitative estimate of drug-likeness (QED) is 0.0919. The molecule has 35 heavy (non-hydrogen) atoms. The summed E-state index contributed by atoms with van der Waals surface area (Å²) >= 11 is 0. The summed E-state index contributed by atoms with van der Waals surface area (Å²) in [5.41, 5.74) is 1.40. The summed E-state index contributed by atoms with van der Waals surface area (Å²) in [7, 11) is -1.32. The van der Waals surface area contributed by atoms with Gasteiger partial charge >= 0.3 is 8.60 Å². The molecule has 3 nitrogen and oxygen atoms in total. The first-order chi connectivity index (χ1) is 17.3. The van der Waals surface area contributed by atoms with Gasteiger partial charge in [-0.1, -0.05) is 136 Å². The maximum absolute atomic E-state index is 6.16. The smallest absolute Gasteiger partial charge is 0.397 e. The Balaban J connectivity index is 2.35. The van der Waals surface area contributed by atoms with Crippen molar-refractivity contribution in [1.82, 2.24) is 0 Å². The van der Waals surface area contributed by atoms with Gasteiger partial charge < -0.3 is 13.6 Å². The largest absolute Gasteiger partial charge is 0.427 e. The van der Waals surface area contributed by atoms with Crippen LogP contribution in [0, 0.1) is 0 Å². The second-order valence-corrected chi connectivity index (χ2v) is 11.2. The molecule has 0 radical (unpaired) electrons. The topological polar surface area (TPSA) is 27.7 Å². The highest BCUT2D eigenvalue weighted by Crippen LogP contribution is 2.41. The molecule has 0 heterocycles. The molecule has 0 aliphatic rings. The van der Waals surface area contributed by atoms with Crippen LogP contribution in [0.25, 0.3) is 0 Å². The fourth-order valence-electron chi connectivity index (χ4n) is 4.22. The molecule has 0 spiro atoms. The molecule has 1 aromatic carbocycles. The molecule has 0 unspecified atom stereocenters. The van der Waals surface area contributed by atoms with Crippen LogP contribution >= 0.6 is 8.60 Å². The van der Waals surface area contributed by atoms with E-state index in [0.29, 0.717) is 0 Å². The van der Waals surface area contributed by atoms with Crippen molar-refractivity contribution in [2.24, 2.45) is 0 Å². The zero-order valence-corrected chi connectivity index (χ0v) is 24.4. The van der Waals surface area contributed by atoms with Gasteiger partial charge in [0.25, 0.3) is 0 Å². The maximum Gasteiger partial charge on any atom is 0.397 e. The highest BCUT2D eigenvalue weighted by atomic mass is 31.2. The average molecular weight is 509 g/mol. The van der Waals surface area contributed by atoms with Gasteiger partial charge in [-0.25, -0.2) is 0 Å². The van der Waals surface area contributed by atoms with Crippen LogP contribution in [0.4, 0.5) is 0 Å². The lowest BCUT2D eigenvalue weighted by Crippen LogP contribution is -2.01. The zero-order chi connectivity index (χ0) is 25.2. The van der Waals surface area contributed by atoms with Crippen molar-refractivity contribution in [3.63, 3.8) is 0 Å². The Hall–Kier alpha value is -0.630. The Bertz CT molecular complexity index is 531. The van der Waals surface area contributed by atoms with Crippen molar-refractivity contribution in [2.75, 3.05) is 13.2 Å². The molecule has 0 saturated heterocycles. The summed E-state index contributed by atoms with van der Waals surface area (Å²) in [6, 6.07) is 8.60. The molecule has 1 rings (SSSR count). The van der Waals surface area contributed by atoms with Gasteiger partial charge in [0.2, 0.25) is 0 Å². The number of aryl methyl sites for hydroxylation is 1. The fraction of sp³-hybridized carbons (Fsp3) is 0.806. The lowest BCUT2D eigenvalue weighted by Gasteiger charge is -2.17. The molecule has 0 aromatic heterocycles. The normalized spacial score (nSPS) is 11.4. The minimum atomic E-state index is -1.32. The monoisotopic (exact) mass is 508 g/mol. The van der Waals surface area contributed by atoms with Crippen LogP contribution in [0.5, 0.6) is 5.75 Å². The average Bonchev–Trinajstić information content (AvgIpc) is 2.87. The van der Waals surface area contributed by atoms with Crippen molar-refractivity contribution >= 4 is 8.60 Å². The third-order valence-corrected chi connectivity index (χ3v) is 7.71. The Labute approximate surface area is 220 Å². The highest BCUT2D eigenvalue weighted by Gasteiger charge is 2.15. The minimum absolute atomic E-state index is 0.727. The Morgan fingerprint density at radius 3 is 1.34 bits per heavy atom. The number of benzene rings is 1. The maximum atomic E-state index is 6.16. The minimum Gasteiger partial charge on any atom is -0.427 e. The first kappa shape index (κ1) is 32.4. The van der Waals surface area contributed by atoms with Crippen molar-refractivity contribution in [3.8, 4) is 5.75 Å². The number of unbranched alkanes of at least 4 members (excludes halogenated alkanes) is 16. The van der Waals surface area contributed by atoms with Gasteiger partial charge in [0, 0.05) is 0 Å². The molecule has 0 fully saturated rings. The van der Waals surface area contributed by atoms with Crippen molar-refractivity contribution in [1.29, 1.82) is 0 Å². The van der Waals surface area contributed by atoms with Crippen LogP contribution in [0.3, 0.4) is 0 Å². The van der Waals surface area contributed by atoms with Crippen LogP contribution in [-0.2, 0) is 15.5 Å². The molecule has 0 N–H and O–H groups in total. The second kappa shape index (κ2) is 25.0. The molecule has 204 valence electrons. The Kier molecular flexibility index (Phi) is 23.2. The molecule has 4 heteroatoms. The third kappa shape index (κ3) is 20.1. The standard InChI is InChI=1S/C31H57O3P/c1-4-7-10-13-16-17-20-23-30-24-26-31(27-25-30)34-35(32-28-21-18-14-11-8-5-2)33-29-22-19-15-12-9-6-3/h24-27H,4-23,28-29H2,1-3H3. The molecular formula is C31H57O3P. The first-order valence-electron chi connectivity index (χ1n) is 15.1. The van der Waals surface area contributed by atoms with E-state index < -0.39 is 8.60 Å². The SMILES string of the molecule is CCCCCCCCCc1ccc(OP(OCCCCCCCC)OCCCCCCCC)cc1. The van der Waals surface area contributed by atoms with Crippen LogP contribution in [-0.4, -0.2) is 13.2 Å². The van der Waals surface area contributed by atoms with E-state index in [0.717, 1.165) is 38.2 Å². The molecule has 0 aliphatic carbocycles. The molecule has 1 aromatic rings. The summed E-state index contributed by atoms with van der Waals surface area (Å²) in [6.45, 7) is 8.25. The first-order valence-corrected chi connectivity index (χ1v) is 16.2. The second-order valence-electron chi connectivity index (χ2n) is 10.0. The summed E-state index contributed by atoms with van der Waals surface area (Å²) in [4.78, 5) is 0. The van der Waals surface area contributed by atoms with E-state index in [1.807, 2.05) is 0 Å². The predicted molar refractivity (Wildman–Crippen MR) is 154 cm³/mol. The van der Waals surface area contributed by atoms with E-state index in [9.17, 15) is 0 Å². The van der Waals surface area contributed by atoms with Crippen LogP contribution in [0.1, 0.15) is 148 Å². The van der Waals surface area contributed by atoms with Gasteiger partial charge in [-0.15, -0.1) is 0 Å². The summed E-state index contributed by atoms with van der Waals surface area (Å²) in [5, 5.41) is 0. The van der Waals surface area contributed by atoms with E-state index in [4.69, 9.17) is 13.6 Å². The van der Waals surface area contributed by atoms with Crippen LogP contribution < -0.4 is 4.52 Å². The van der Waals surface area contributed by atoms with E-state index in [-0.39, 0.29) is 0 Å². The van der Waals surface area contributed by atoms with Gasteiger partial charge in [0.05, 0.1) is 13.2 Å². The van der Waals surface area contributed by atoms with Crippen molar-refractivity contribution in [3.05, 3.63) is 29.8 Å². The number of rotatable bonds is 26. The summed E-state index contributed by atoms with van der Waals surface area (Å²) in [5.74, 6) is 0.866. The highest BCUT2D eigenvalue weighted by molar-refractivity contribution is 7.42. The zero-order valence-electron chi connectivity index (χ0n) is 23.5. The van der Waals surface area contributed by atoms with Gasteiger partial charge in [0.15, 0.2) is 0 Å². The molecule has 0 bridgehead atoms. The lowest BCUT2D eigenvalue weighted by atomic mass is 10.0. The van der Waals surface area contributed by atoms with Gasteiger partial charge in [-0.3, -0.25) is 0 Å². The van der Waals surface area contributed by atoms with Gasteiger partial charge in [0.1, 0.15) is 5.75 Å². The molecule has 0 atom stereocenters. The predicted octanol–water partition coefficient (Wildman–Crippen LogP) is 11.3. The van der Waals surface area contributed by atoms with Crippen LogP contribution in [0.15, 0.2) is 24.3 Å². The van der Waals surface area contributed by atoms with Crippen molar-refractivity contribution in [2.45, 2.75) is 149 Å². The van der Waals surface area contributed by atoms with Gasteiger partial charge in [-0.05, 0) is 43.4 Å². The molecule has 0 amide bonds. The molecule has 0 saturated carbocycles. The van der Waals surface area contributed by atoms with E-state index in [2.05, 4.69) is 45.0 Å². The molecule has 0 aliphatic heterocycles. The Morgan fingerprint density at radius 1 is 0.486 bits per heavy atom. The Morgan fingerprint density at radius 2 is 0.886 bits per heavy atom. The number of hydrogen-bond donors (Lipinski definition) is 0. The third-order valence-electron chi connectivity index (χ3n) is 6.56. The van der Waals surface area contributed by atoms with Gasteiger partial charge in [-0.2, -0.15) is 0 Å². The number of hydrogen-bond acceptors (Lipinski definition) is 3. The molecular weight excluding hydrogens is 451 g/mol. The lowest BCUT2D eigenvalue weighted by molar-refractivity contribution is 0.198. The summed E-state index contributed by atoms with van der Waals surface area (Å²) < 4.78 is 18.3.